The molecule has 176 valence electrons. The van der Waals surface area contributed by atoms with Gasteiger partial charge in [-0.05, 0) is 42.8 Å². The highest BCUT2D eigenvalue weighted by Gasteiger charge is 2.25. The van der Waals surface area contributed by atoms with Gasteiger partial charge in [0.05, 0.1) is 39.2 Å². The number of ether oxygens (including phenoxy) is 4. The average molecular weight is 480 g/mol. The van der Waals surface area contributed by atoms with Crippen LogP contribution in [0.15, 0.2) is 54.9 Å². The minimum atomic E-state index is -0.264. The Morgan fingerprint density at radius 1 is 1.00 bits per heavy atom. The van der Waals surface area contributed by atoms with E-state index >= 15 is 0 Å². The van der Waals surface area contributed by atoms with Gasteiger partial charge in [-0.25, -0.2) is 4.98 Å². The number of nitrogens with zero attached hydrogens (tertiary/aromatic N) is 3. The summed E-state index contributed by atoms with van der Waals surface area (Å²) in [6.45, 7) is 2.73. The molecule has 2 aromatic carbocycles. The highest BCUT2D eigenvalue weighted by atomic mass is 32.1. The molecule has 0 bridgehead atoms. The van der Waals surface area contributed by atoms with Crippen LogP contribution >= 0.6 is 11.3 Å². The van der Waals surface area contributed by atoms with E-state index in [0.29, 0.717) is 40.3 Å². The molecule has 0 N–H and O–H groups in total. The van der Waals surface area contributed by atoms with E-state index in [1.165, 1.54) is 32.7 Å². The van der Waals surface area contributed by atoms with E-state index in [2.05, 4.69) is 4.98 Å². The zero-order valence-corrected chi connectivity index (χ0v) is 20.2. The lowest BCUT2D eigenvalue weighted by Crippen LogP contribution is -2.30. The molecule has 0 unspecified atom stereocenters. The first-order valence-electron chi connectivity index (χ1n) is 10.6. The van der Waals surface area contributed by atoms with Crippen molar-refractivity contribution in [2.45, 2.75) is 13.5 Å². The molecule has 2 aromatic heterocycles. The van der Waals surface area contributed by atoms with Crippen molar-refractivity contribution in [3.8, 4) is 23.0 Å². The van der Waals surface area contributed by atoms with E-state index in [4.69, 9.17) is 23.9 Å². The highest BCUT2D eigenvalue weighted by Crippen LogP contribution is 2.40. The van der Waals surface area contributed by atoms with Crippen LogP contribution in [-0.4, -0.2) is 43.8 Å². The zero-order chi connectivity index (χ0) is 24.1. The van der Waals surface area contributed by atoms with Crippen LogP contribution < -0.4 is 23.8 Å². The lowest BCUT2D eigenvalue weighted by atomic mass is 10.1. The number of hydrogen-bond acceptors (Lipinski definition) is 8. The van der Waals surface area contributed by atoms with Gasteiger partial charge in [-0.2, -0.15) is 0 Å². The number of methoxy groups -OCH3 is 3. The Bertz CT molecular complexity index is 1270. The lowest BCUT2D eigenvalue weighted by molar-refractivity contribution is 0.0984. The molecule has 0 radical (unpaired) electrons. The van der Waals surface area contributed by atoms with E-state index in [0.717, 1.165) is 15.8 Å². The van der Waals surface area contributed by atoms with Gasteiger partial charge in [-0.15, -0.1) is 0 Å². The number of para-hydroxylation sites is 1. The number of carbonyl (C=O) groups excluding carboxylic acids is 1. The fourth-order valence-corrected chi connectivity index (χ4v) is 4.54. The van der Waals surface area contributed by atoms with Crippen molar-refractivity contribution in [3.63, 3.8) is 0 Å². The number of aromatic nitrogens is 2. The fraction of sp³-hybridized carbons (Fsp3) is 0.240. The lowest BCUT2D eigenvalue weighted by Gasteiger charge is -2.21. The molecule has 0 spiro atoms. The Morgan fingerprint density at radius 2 is 1.76 bits per heavy atom. The van der Waals surface area contributed by atoms with E-state index in [1.54, 1.807) is 29.4 Å². The van der Waals surface area contributed by atoms with E-state index in [9.17, 15) is 4.79 Å². The first kappa shape index (κ1) is 23.3. The fourth-order valence-electron chi connectivity index (χ4n) is 3.56. The molecule has 34 heavy (non-hydrogen) atoms. The van der Waals surface area contributed by atoms with Crippen molar-refractivity contribution in [2.24, 2.45) is 0 Å². The van der Waals surface area contributed by atoms with Crippen molar-refractivity contribution in [1.29, 1.82) is 0 Å². The maximum Gasteiger partial charge on any atom is 0.260 e. The van der Waals surface area contributed by atoms with Crippen LogP contribution in [0.3, 0.4) is 0 Å². The van der Waals surface area contributed by atoms with Gasteiger partial charge in [-0.3, -0.25) is 14.7 Å². The summed E-state index contributed by atoms with van der Waals surface area (Å²) in [5.41, 5.74) is 1.97. The van der Waals surface area contributed by atoms with Crippen LogP contribution in [0.25, 0.3) is 10.2 Å². The van der Waals surface area contributed by atoms with Crippen molar-refractivity contribution in [1.82, 2.24) is 9.97 Å². The normalized spacial score (nSPS) is 10.7. The maximum atomic E-state index is 13.9. The summed E-state index contributed by atoms with van der Waals surface area (Å²) >= 11 is 1.42. The van der Waals surface area contributed by atoms with E-state index in [-0.39, 0.29) is 12.5 Å². The SMILES string of the molecule is CCOc1cccc2sc(N(Cc3cccnc3)C(=O)c3cc(OC)c(OC)c(OC)c3)nc12. The second-order valence-corrected chi connectivity index (χ2v) is 8.21. The summed E-state index contributed by atoms with van der Waals surface area (Å²) in [5.74, 6) is 1.63. The number of rotatable bonds is 9. The molecule has 8 nitrogen and oxygen atoms in total. The molecule has 0 atom stereocenters. The van der Waals surface area contributed by atoms with Crippen molar-refractivity contribution in [2.75, 3.05) is 32.8 Å². The second kappa shape index (κ2) is 10.4. The second-order valence-electron chi connectivity index (χ2n) is 7.20. The Kier molecular flexibility index (Phi) is 7.12. The number of carbonyl (C=O) groups is 1. The Labute approximate surface area is 201 Å². The van der Waals surface area contributed by atoms with Crippen LogP contribution in [0.5, 0.6) is 23.0 Å². The first-order chi connectivity index (χ1) is 16.6. The Morgan fingerprint density at radius 3 is 2.38 bits per heavy atom. The number of fused-ring (bicyclic) bond motifs is 1. The molecule has 0 aliphatic heterocycles. The quantitative estimate of drug-likeness (QED) is 0.335. The average Bonchev–Trinajstić information content (AvgIpc) is 3.31. The molecular weight excluding hydrogens is 454 g/mol. The monoisotopic (exact) mass is 479 g/mol. The van der Waals surface area contributed by atoms with Crippen LogP contribution in [0.1, 0.15) is 22.8 Å². The third kappa shape index (κ3) is 4.60. The molecule has 4 aromatic rings. The predicted octanol–water partition coefficient (Wildman–Crippen LogP) is 4.96. The van der Waals surface area contributed by atoms with Gasteiger partial charge in [-0.1, -0.05) is 23.5 Å². The summed E-state index contributed by atoms with van der Waals surface area (Å²) in [4.78, 5) is 24.5. The molecule has 0 saturated carbocycles. The van der Waals surface area contributed by atoms with Gasteiger partial charge in [0.2, 0.25) is 5.75 Å². The van der Waals surface area contributed by atoms with Crippen LogP contribution in [0.4, 0.5) is 5.13 Å². The van der Waals surface area contributed by atoms with Gasteiger partial charge >= 0.3 is 0 Å². The summed E-state index contributed by atoms with van der Waals surface area (Å²) < 4.78 is 23.0. The van der Waals surface area contributed by atoms with Crippen LogP contribution in [0, 0.1) is 0 Å². The zero-order valence-electron chi connectivity index (χ0n) is 19.4. The number of pyridine rings is 1. The van der Waals surface area contributed by atoms with Crippen LogP contribution in [-0.2, 0) is 6.54 Å². The molecular formula is C25H25N3O5S. The predicted molar refractivity (Wildman–Crippen MR) is 132 cm³/mol. The standard InChI is InChI=1S/C25H25N3O5S/c1-5-33-18-9-6-10-21-22(18)27-25(34-21)28(15-16-8-7-11-26-14-16)24(29)17-12-19(30-2)23(32-4)20(13-17)31-3/h6-14H,5,15H2,1-4H3. The van der Waals surface area contributed by atoms with Crippen molar-refractivity contribution >= 4 is 32.6 Å². The van der Waals surface area contributed by atoms with E-state index in [1.807, 2.05) is 37.3 Å². The van der Waals surface area contributed by atoms with Crippen molar-refractivity contribution in [3.05, 3.63) is 66.0 Å². The highest BCUT2D eigenvalue weighted by molar-refractivity contribution is 7.22. The maximum absolute atomic E-state index is 13.9. The Hall–Kier alpha value is -3.85. The minimum Gasteiger partial charge on any atom is -0.493 e. The topological polar surface area (TPSA) is 83.0 Å². The summed E-state index contributed by atoms with van der Waals surface area (Å²) in [6.07, 6.45) is 3.43. The van der Waals surface area contributed by atoms with Gasteiger partial charge in [0.25, 0.3) is 5.91 Å². The third-order valence-corrected chi connectivity index (χ3v) is 6.17. The minimum absolute atomic E-state index is 0.264. The third-order valence-electron chi connectivity index (χ3n) is 5.12. The Balaban J connectivity index is 1.82. The summed E-state index contributed by atoms with van der Waals surface area (Å²) in [6, 6.07) is 12.8. The number of amides is 1. The molecule has 9 heteroatoms. The van der Waals surface area contributed by atoms with Gasteiger partial charge in [0.15, 0.2) is 16.6 Å². The number of anilines is 1. The molecule has 0 aliphatic rings. The number of benzene rings is 2. The molecule has 1 amide bonds. The van der Waals surface area contributed by atoms with Gasteiger partial charge in [0.1, 0.15) is 11.3 Å². The number of hydrogen-bond donors (Lipinski definition) is 0. The first-order valence-corrected chi connectivity index (χ1v) is 11.4. The smallest absolute Gasteiger partial charge is 0.260 e. The van der Waals surface area contributed by atoms with Gasteiger partial charge in [0, 0.05) is 18.0 Å². The van der Waals surface area contributed by atoms with Gasteiger partial charge < -0.3 is 18.9 Å². The summed E-state index contributed by atoms with van der Waals surface area (Å²) in [5, 5.41) is 0.546. The molecule has 0 saturated heterocycles. The molecule has 0 aliphatic carbocycles. The largest absolute Gasteiger partial charge is 0.493 e. The van der Waals surface area contributed by atoms with Crippen LogP contribution in [0.2, 0.25) is 0 Å². The molecule has 4 rings (SSSR count). The molecule has 2 heterocycles. The number of thiazole rings is 1. The molecule has 0 fully saturated rings. The van der Waals surface area contributed by atoms with E-state index < -0.39 is 0 Å². The van der Waals surface area contributed by atoms with Crippen molar-refractivity contribution < 1.29 is 23.7 Å². The summed E-state index contributed by atoms with van der Waals surface area (Å²) in [7, 11) is 4.55.